The van der Waals surface area contributed by atoms with Gasteiger partial charge in [-0.1, -0.05) is 12.2 Å². The van der Waals surface area contributed by atoms with Gasteiger partial charge in [-0.15, -0.1) is 0 Å². The van der Waals surface area contributed by atoms with Crippen LogP contribution < -0.4 is 11.1 Å². The van der Waals surface area contributed by atoms with Gasteiger partial charge in [0, 0.05) is 0 Å². The lowest BCUT2D eigenvalue weighted by atomic mass is 10.7. The molecule has 0 aromatic carbocycles. The molecule has 0 atom stereocenters. The topological polar surface area (TPSA) is 76.7 Å². The maximum Gasteiger partial charge on any atom is 0.233 e. The van der Waals surface area contributed by atoms with Gasteiger partial charge < -0.3 is 11.1 Å². The van der Waals surface area contributed by atoms with Crippen LogP contribution in [0, 0.1) is 0 Å². The molecule has 3 N–H and O–H groups in total. The van der Waals surface area contributed by atoms with Crippen LogP contribution in [0.25, 0.3) is 0 Å². The first-order valence-electron chi connectivity index (χ1n) is 3.02. The summed E-state index contributed by atoms with van der Waals surface area (Å²) in [6.07, 6.45) is 0. The summed E-state index contributed by atoms with van der Waals surface area (Å²) in [5, 5.41) is 2.73. The number of halogens is 1. The van der Waals surface area contributed by atoms with Crippen molar-refractivity contribution in [1.82, 2.24) is 15.0 Å². The van der Waals surface area contributed by atoms with Gasteiger partial charge in [0.15, 0.2) is 0 Å². The summed E-state index contributed by atoms with van der Waals surface area (Å²) in [6, 6.07) is 0. The number of nitrogen functional groups attached to an aromatic ring is 1. The SMILES string of the molecule is CC(=S)Nc1nc(N)nc(Cl)n1. The molecule has 5 nitrogen and oxygen atoms in total. The second-order valence-corrected chi connectivity index (χ2v) is 2.92. The zero-order valence-electron chi connectivity index (χ0n) is 6.21. The highest BCUT2D eigenvalue weighted by Gasteiger charge is 2.01. The molecule has 0 unspecified atom stereocenters. The molecular formula is C5H6ClN5S. The molecule has 0 aliphatic rings. The van der Waals surface area contributed by atoms with E-state index in [0.29, 0.717) is 4.99 Å². The van der Waals surface area contributed by atoms with Gasteiger partial charge >= 0.3 is 0 Å². The Balaban J connectivity index is 2.93. The molecule has 1 heterocycles. The second-order valence-electron chi connectivity index (χ2n) is 1.97. The van der Waals surface area contributed by atoms with Crippen molar-refractivity contribution in [3.05, 3.63) is 5.28 Å². The van der Waals surface area contributed by atoms with E-state index in [0.717, 1.165) is 0 Å². The van der Waals surface area contributed by atoms with Crippen LogP contribution in [-0.2, 0) is 0 Å². The molecule has 0 amide bonds. The number of hydrogen-bond donors (Lipinski definition) is 2. The summed E-state index contributed by atoms with van der Waals surface area (Å²) in [6.45, 7) is 1.70. The Kier molecular flexibility index (Phi) is 2.72. The Morgan fingerprint density at radius 2 is 2.17 bits per heavy atom. The van der Waals surface area contributed by atoms with Crippen molar-refractivity contribution in [3.63, 3.8) is 0 Å². The predicted octanol–water partition coefficient (Wildman–Crippen LogP) is 0.866. The Morgan fingerprint density at radius 3 is 2.67 bits per heavy atom. The van der Waals surface area contributed by atoms with E-state index in [2.05, 4.69) is 20.3 Å². The van der Waals surface area contributed by atoms with Crippen molar-refractivity contribution in [1.29, 1.82) is 0 Å². The summed E-state index contributed by atoms with van der Waals surface area (Å²) in [5.74, 6) is 0.328. The van der Waals surface area contributed by atoms with Crippen LogP contribution in [0.15, 0.2) is 0 Å². The minimum absolute atomic E-state index is 0.0428. The maximum absolute atomic E-state index is 5.51. The van der Waals surface area contributed by atoms with E-state index in [1.807, 2.05) is 0 Å². The van der Waals surface area contributed by atoms with E-state index in [4.69, 9.17) is 29.6 Å². The monoisotopic (exact) mass is 203 g/mol. The first-order valence-corrected chi connectivity index (χ1v) is 3.81. The third kappa shape index (κ3) is 2.55. The van der Waals surface area contributed by atoms with Crippen molar-refractivity contribution in [2.24, 2.45) is 0 Å². The lowest BCUT2D eigenvalue weighted by molar-refractivity contribution is 1.07. The van der Waals surface area contributed by atoms with Crippen LogP contribution in [0.3, 0.4) is 0 Å². The number of hydrogen-bond acceptors (Lipinski definition) is 5. The van der Waals surface area contributed by atoms with E-state index < -0.39 is 0 Å². The van der Waals surface area contributed by atoms with E-state index >= 15 is 0 Å². The lowest BCUT2D eigenvalue weighted by Gasteiger charge is -2.01. The summed E-state index contributed by atoms with van der Waals surface area (Å²) < 4.78 is 0. The van der Waals surface area contributed by atoms with Gasteiger partial charge in [-0.05, 0) is 18.5 Å². The van der Waals surface area contributed by atoms with E-state index in [9.17, 15) is 0 Å². The van der Waals surface area contributed by atoms with Gasteiger partial charge in [-0.2, -0.15) is 15.0 Å². The van der Waals surface area contributed by atoms with Gasteiger partial charge in [0.2, 0.25) is 17.2 Å². The number of nitrogens with one attached hydrogen (secondary N) is 1. The van der Waals surface area contributed by atoms with Crippen molar-refractivity contribution < 1.29 is 0 Å². The fourth-order valence-corrected chi connectivity index (χ4v) is 0.837. The Labute approximate surface area is 79.4 Å². The van der Waals surface area contributed by atoms with Crippen molar-refractivity contribution in [2.75, 3.05) is 11.1 Å². The Morgan fingerprint density at radius 1 is 1.50 bits per heavy atom. The second kappa shape index (κ2) is 3.59. The van der Waals surface area contributed by atoms with Gasteiger partial charge in [0.05, 0.1) is 4.99 Å². The average Bonchev–Trinajstić information content (AvgIpc) is 1.81. The van der Waals surface area contributed by atoms with E-state index in [1.54, 1.807) is 6.92 Å². The standard InChI is InChI=1S/C5H6ClN5S/c1-2(12)8-5-10-3(6)9-4(7)11-5/h1H3,(H3,7,8,9,10,11,12). The summed E-state index contributed by atoms with van der Waals surface area (Å²) in [5.41, 5.74) is 5.31. The minimum Gasteiger partial charge on any atom is -0.368 e. The van der Waals surface area contributed by atoms with Crippen LogP contribution >= 0.6 is 23.8 Å². The molecule has 0 spiro atoms. The number of nitrogens with two attached hydrogens (primary N) is 1. The molecule has 1 aromatic rings. The number of rotatable bonds is 1. The lowest BCUT2D eigenvalue weighted by Crippen LogP contribution is -2.09. The molecule has 0 fully saturated rings. The maximum atomic E-state index is 5.51. The van der Waals surface area contributed by atoms with Crippen molar-refractivity contribution >= 4 is 40.7 Å². The van der Waals surface area contributed by atoms with Crippen LogP contribution in [0.1, 0.15) is 6.92 Å². The normalized spacial score (nSPS) is 9.50. The number of thiocarbonyl (C=S) groups is 1. The third-order valence-electron chi connectivity index (χ3n) is 0.913. The highest BCUT2D eigenvalue weighted by atomic mass is 35.5. The van der Waals surface area contributed by atoms with Crippen molar-refractivity contribution in [3.8, 4) is 0 Å². The molecule has 12 heavy (non-hydrogen) atoms. The minimum atomic E-state index is 0.0428. The molecular weight excluding hydrogens is 198 g/mol. The first kappa shape index (κ1) is 9.08. The first-order chi connectivity index (χ1) is 5.58. The fraction of sp³-hybridized carbons (Fsp3) is 0.200. The average molecular weight is 204 g/mol. The van der Waals surface area contributed by atoms with Crippen molar-refractivity contribution in [2.45, 2.75) is 6.92 Å². The predicted molar refractivity (Wildman–Crippen MR) is 51.1 cm³/mol. The summed E-state index contributed by atoms with van der Waals surface area (Å²) in [4.78, 5) is 11.6. The molecule has 0 saturated carbocycles. The van der Waals surface area contributed by atoms with E-state index in [-0.39, 0.29) is 17.2 Å². The van der Waals surface area contributed by atoms with Crippen LogP contribution in [0.4, 0.5) is 11.9 Å². The smallest absolute Gasteiger partial charge is 0.233 e. The molecule has 0 bridgehead atoms. The van der Waals surface area contributed by atoms with Gasteiger partial charge in [-0.25, -0.2) is 0 Å². The molecule has 0 saturated heterocycles. The Hall–Kier alpha value is -1.01. The number of nitrogens with zero attached hydrogens (tertiary/aromatic N) is 3. The zero-order valence-corrected chi connectivity index (χ0v) is 7.78. The quantitative estimate of drug-likeness (QED) is 0.660. The van der Waals surface area contributed by atoms with E-state index in [1.165, 1.54) is 0 Å². The van der Waals surface area contributed by atoms with Crippen LogP contribution in [-0.4, -0.2) is 19.9 Å². The van der Waals surface area contributed by atoms with Crippen LogP contribution in [0.5, 0.6) is 0 Å². The van der Waals surface area contributed by atoms with Gasteiger partial charge in [-0.3, -0.25) is 0 Å². The highest BCUT2D eigenvalue weighted by Crippen LogP contribution is 2.06. The molecule has 7 heteroatoms. The molecule has 0 aliphatic carbocycles. The Bertz CT molecular complexity index is 294. The molecule has 64 valence electrons. The molecule has 1 aromatic heterocycles. The zero-order chi connectivity index (χ0) is 9.14. The largest absolute Gasteiger partial charge is 0.368 e. The molecule has 0 radical (unpaired) electrons. The molecule has 1 rings (SSSR count). The summed E-state index contributed by atoms with van der Waals surface area (Å²) >= 11 is 10.3. The summed E-state index contributed by atoms with van der Waals surface area (Å²) in [7, 11) is 0. The highest BCUT2D eigenvalue weighted by molar-refractivity contribution is 7.80. The number of aromatic nitrogens is 3. The number of anilines is 2. The third-order valence-corrected chi connectivity index (χ3v) is 1.18. The molecule has 0 aliphatic heterocycles. The fourth-order valence-electron chi connectivity index (χ4n) is 0.579. The van der Waals surface area contributed by atoms with Gasteiger partial charge in [0.25, 0.3) is 0 Å². The van der Waals surface area contributed by atoms with Crippen LogP contribution in [0.2, 0.25) is 5.28 Å². The van der Waals surface area contributed by atoms with Gasteiger partial charge in [0.1, 0.15) is 0 Å².